The second-order valence-corrected chi connectivity index (χ2v) is 8.16. The number of pyridine rings is 1. The second-order valence-electron chi connectivity index (χ2n) is 8.16. The van der Waals surface area contributed by atoms with Gasteiger partial charge in [0.15, 0.2) is 11.5 Å². The number of nitrogens with zero attached hydrogens (tertiary/aromatic N) is 3. The summed E-state index contributed by atoms with van der Waals surface area (Å²) >= 11 is 0. The molecule has 29 heavy (non-hydrogen) atoms. The number of methoxy groups -OCH3 is 1. The fourth-order valence-corrected chi connectivity index (χ4v) is 3.50. The Bertz CT molecular complexity index is 763. The van der Waals surface area contributed by atoms with Crippen LogP contribution in [0, 0.1) is 0 Å². The van der Waals surface area contributed by atoms with Gasteiger partial charge in [0, 0.05) is 50.5 Å². The molecule has 1 N–H and O–H groups in total. The van der Waals surface area contributed by atoms with E-state index in [2.05, 4.69) is 40.8 Å². The minimum atomic E-state index is -0.550. The van der Waals surface area contributed by atoms with Crippen molar-refractivity contribution in [2.75, 3.05) is 40.4 Å². The Labute approximate surface area is 174 Å². The third-order valence-corrected chi connectivity index (χ3v) is 5.56. The van der Waals surface area contributed by atoms with Gasteiger partial charge < -0.3 is 19.5 Å². The summed E-state index contributed by atoms with van der Waals surface area (Å²) in [6.45, 7) is 7.97. The topological polar surface area (TPSA) is 58.1 Å². The number of hydrogen-bond acceptors (Lipinski definition) is 6. The second kappa shape index (κ2) is 10.1. The van der Waals surface area contributed by atoms with Gasteiger partial charge in [0.1, 0.15) is 12.7 Å². The van der Waals surface area contributed by atoms with Crippen molar-refractivity contribution in [1.82, 2.24) is 14.8 Å². The van der Waals surface area contributed by atoms with E-state index in [9.17, 15) is 5.11 Å². The molecule has 2 aromatic rings. The van der Waals surface area contributed by atoms with Crippen LogP contribution in [0.4, 0.5) is 0 Å². The molecule has 0 unspecified atom stereocenters. The molecule has 0 saturated carbocycles. The highest BCUT2D eigenvalue weighted by Gasteiger charge is 2.28. The highest BCUT2D eigenvalue weighted by Crippen LogP contribution is 2.31. The van der Waals surface area contributed by atoms with Crippen molar-refractivity contribution in [2.24, 2.45) is 0 Å². The predicted molar refractivity (Wildman–Crippen MR) is 115 cm³/mol. The zero-order chi connectivity index (χ0) is 20.8. The van der Waals surface area contributed by atoms with Gasteiger partial charge in [-0.1, -0.05) is 12.1 Å². The van der Waals surface area contributed by atoms with E-state index >= 15 is 0 Å². The van der Waals surface area contributed by atoms with E-state index in [1.54, 1.807) is 7.11 Å². The monoisotopic (exact) mass is 399 g/mol. The maximum atomic E-state index is 10.3. The average Bonchev–Trinajstić information content (AvgIpc) is 2.69. The smallest absolute Gasteiger partial charge is 0.161 e. The van der Waals surface area contributed by atoms with Crippen LogP contribution in [-0.4, -0.2) is 72.4 Å². The Morgan fingerprint density at radius 2 is 2.03 bits per heavy atom. The van der Waals surface area contributed by atoms with Crippen molar-refractivity contribution in [2.45, 2.75) is 38.5 Å². The van der Waals surface area contributed by atoms with E-state index in [1.807, 2.05) is 37.6 Å². The molecule has 1 aromatic carbocycles. The highest BCUT2D eigenvalue weighted by molar-refractivity contribution is 5.43. The van der Waals surface area contributed by atoms with Gasteiger partial charge in [-0.2, -0.15) is 0 Å². The zero-order valence-corrected chi connectivity index (χ0v) is 17.9. The van der Waals surface area contributed by atoms with Crippen LogP contribution in [0.15, 0.2) is 42.7 Å². The molecule has 158 valence electrons. The molecule has 0 radical (unpaired) electrons. The number of ether oxygens (including phenoxy) is 2. The summed E-state index contributed by atoms with van der Waals surface area (Å²) in [6, 6.07) is 10.6. The maximum Gasteiger partial charge on any atom is 0.161 e. The first-order valence-corrected chi connectivity index (χ1v) is 10.3. The molecule has 6 heteroatoms. The van der Waals surface area contributed by atoms with Crippen molar-refractivity contribution in [3.8, 4) is 11.5 Å². The Kier molecular flexibility index (Phi) is 7.47. The van der Waals surface area contributed by atoms with Gasteiger partial charge >= 0.3 is 0 Å². The fraction of sp³-hybridized carbons (Fsp3) is 0.522. The number of aromatic nitrogens is 1. The molecule has 1 saturated heterocycles. The van der Waals surface area contributed by atoms with Gasteiger partial charge in [0.05, 0.1) is 7.11 Å². The first-order valence-electron chi connectivity index (χ1n) is 10.3. The lowest BCUT2D eigenvalue weighted by Crippen LogP contribution is -2.44. The molecule has 1 aliphatic heterocycles. The largest absolute Gasteiger partial charge is 0.493 e. The maximum absolute atomic E-state index is 10.3. The quantitative estimate of drug-likeness (QED) is 0.663. The van der Waals surface area contributed by atoms with Crippen molar-refractivity contribution in [1.29, 1.82) is 0 Å². The molecule has 1 aliphatic rings. The molecule has 0 amide bonds. The molecule has 0 aliphatic carbocycles. The first-order chi connectivity index (χ1) is 14.0. The number of rotatable bonds is 10. The number of aliphatic hydroxyl groups is 1. The SMILES string of the molecule is COc1ccc(CN2CC(c3cccnc3)C2)cc1OC[C@@H](O)CN(C)C(C)C. The van der Waals surface area contributed by atoms with Gasteiger partial charge in [-0.15, -0.1) is 0 Å². The Morgan fingerprint density at radius 1 is 1.24 bits per heavy atom. The van der Waals surface area contributed by atoms with Crippen LogP contribution in [0.3, 0.4) is 0 Å². The lowest BCUT2D eigenvalue weighted by atomic mass is 9.92. The molecule has 1 aromatic heterocycles. The molecule has 0 bridgehead atoms. The lowest BCUT2D eigenvalue weighted by molar-refractivity contribution is 0.0667. The van der Waals surface area contributed by atoms with Crippen LogP contribution in [0.2, 0.25) is 0 Å². The Morgan fingerprint density at radius 3 is 2.69 bits per heavy atom. The summed E-state index contributed by atoms with van der Waals surface area (Å²) in [5, 5.41) is 10.3. The first kappa shape index (κ1) is 21.6. The van der Waals surface area contributed by atoms with Crippen molar-refractivity contribution in [3.05, 3.63) is 53.9 Å². The zero-order valence-electron chi connectivity index (χ0n) is 17.9. The highest BCUT2D eigenvalue weighted by atomic mass is 16.5. The molecule has 6 nitrogen and oxygen atoms in total. The summed E-state index contributed by atoms with van der Waals surface area (Å²) in [7, 11) is 3.64. The van der Waals surface area contributed by atoms with E-state index in [0.29, 0.717) is 30.0 Å². The predicted octanol–water partition coefficient (Wildman–Crippen LogP) is 2.77. The minimum absolute atomic E-state index is 0.240. The summed E-state index contributed by atoms with van der Waals surface area (Å²) in [6.07, 6.45) is 3.23. The number of aliphatic hydroxyl groups excluding tert-OH is 1. The van der Waals surface area contributed by atoms with E-state index in [1.165, 1.54) is 11.1 Å². The summed E-state index contributed by atoms with van der Waals surface area (Å²) in [4.78, 5) is 8.73. The Hall–Kier alpha value is -2.15. The molecule has 0 spiro atoms. The molecule has 2 heterocycles. The summed E-state index contributed by atoms with van der Waals surface area (Å²) in [5.41, 5.74) is 2.49. The van der Waals surface area contributed by atoms with Crippen molar-refractivity contribution >= 4 is 0 Å². The van der Waals surface area contributed by atoms with Crippen molar-refractivity contribution < 1.29 is 14.6 Å². The number of benzene rings is 1. The standard InChI is InChI=1S/C23H33N3O3/c1-17(2)25(3)15-21(27)16-29-23-10-18(7-8-22(23)28-4)12-26-13-20(14-26)19-6-5-9-24-11-19/h5-11,17,20-21,27H,12-16H2,1-4H3/t21-/m0/s1. The van der Waals surface area contributed by atoms with Crippen LogP contribution in [0.5, 0.6) is 11.5 Å². The molecular weight excluding hydrogens is 366 g/mol. The van der Waals surface area contributed by atoms with Crippen LogP contribution in [0.1, 0.15) is 30.9 Å². The molecule has 1 atom stereocenters. The number of likely N-dealkylation sites (N-methyl/N-ethyl adjacent to an activating group) is 1. The summed E-state index contributed by atoms with van der Waals surface area (Å²) < 4.78 is 11.3. The van der Waals surface area contributed by atoms with Crippen LogP contribution in [-0.2, 0) is 6.54 Å². The van der Waals surface area contributed by atoms with Crippen LogP contribution < -0.4 is 9.47 Å². The molecular formula is C23H33N3O3. The normalized spacial score (nSPS) is 16.1. The van der Waals surface area contributed by atoms with Crippen molar-refractivity contribution in [3.63, 3.8) is 0 Å². The Balaban J connectivity index is 1.54. The van der Waals surface area contributed by atoms with Gasteiger partial charge in [-0.25, -0.2) is 0 Å². The minimum Gasteiger partial charge on any atom is -0.493 e. The van der Waals surface area contributed by atoms with Gasteiger partial charge in [-0.3, -0.25) is 9.88 Å². The van der Waals surface area contributed by atoms with E-state index in [0.717, 1.165) is 19.6 Å². The third kappa shape index (κ3) is 5.92. The summed E-state index contributed by atoms with van der Waals surface area (Å²) in [5.74, 6) is 1.93. The van der Waals surface area contributed by atoms with E-state index in [-0.39, 0.29) is 6.61 Å². The average molecular weight is 400 g/mol. The van der Waals surface area contributed by atoms with Gasteiger partial charge in [-0.05, 0) is 50.2 Å². The van der Waals surface area contributed by atoms with E-state index < -0.39 is 6.10 Å². The number of hydrogen-bond donors (Lipinski definition) is 1. The van der Waals surface area contributed by atoms with Gasteiger partial charge in [0.25, 0.3) is 0 Å². The number of likely N-dealkylation sites (tertiary alicyclic amines) is 1. The van der Waals surface area contributed by atoms with Gasteiger partial charge in [0.2, 0.25) is 0 Å². The molecule has 1 fully saturated rings. The fourth-order valence-electron chi connectivity index (χ4n) is 3.50. The lowest BCUT2D eigenvalue weighted by Gasteiger charge is -2.39. The van der Waals surface area contributed by atoms with Crippen LogP contribution in [0.25, 0.3) is 0 Å². The van der Waals surface area contributed by atoms with Crippen LogP contribution >= 0.6 is 0 Å². The third-order valence-electron chi connectivity index (χ3n) is 5.56. The van der Waals surface area contributed by atoms with E-state index in [4.69, 9.17) is 9.47 Å². The molecule has 3 rings (SSSR count).